The number of nitro groups is 1. The molecule has 1 aromatic rings. The summed E-state index contributed by atoms with van der Waals surface area (Å²) in [5, 5.41) is 19.7. The zero-order chi connectivity index (χ0) is 13.5. The minimum atomic E-state index is -1.09. The van der Waals surface area contributed by atoms with Crippen LogP contribution in [-0.4, -0.2) is 35.5 Å². The molecule has 1 aromatic carbocycles. The molecule has 0 spiro atoms. The molecule has 0 heterocycles. The molecule has 0 aliphatic heterocycles. The number of benzene rings is 1. The van der Waals surface area contributed by atoms with Crippen molar-refractivity contribution in [3.05, 3.63) is 33.9 Å². The van der Waals surface area contributed by atoms with Crippen molar-refractivity contribution >= 4 is 23.4 Å². The van der Waals surface area contributed by atoms with Gasteiger partial charge in [0.2, 0.25) is 0 Å². The zero-order valence-corrected chi connectivity index (χ0v) is 10.6. The molecule has 7 heteroatoms. The monoisotopic (exact) mass is 271 g/mol. The van der Waals surface area contributed by atoms with Crippen molar-refractivity contribution < 1.29 is 19.6 Å². The molecule has 0 bridgehead atoms. The Morgan fingerprint density at radius 1 is 1.56 bits per heavy atom. The van der Waals surface area contributed by atoms with Gasteiger partial charge in [-0.2, -0.15) is 0 Å². The van der Waals surface area contributed by atoms with Gasteiger partial charge in [-0.05, 0) is 18.6 Å². The Balaban J connectivity index is 2.86. The number of nitro benzene ring substituents is 1. The third-order valence-corrected chi connectivity index (χ3v) is 3.28. The van der Waals surface area contributed by atoms with Crippen LogP contribution < -0.4 is 0 Å². The number of rotatable bonds is 7. The van der Waals surface area contributed by atoms with Crippen molar-refractivity contribution in [1.29, 1.82) is 0 Å². The first-order chi connectivity index (χ1) is 8.56. The van der Waals surface area contributed by atoms with Gasteiger partial charge in [0, 0.05) is 25.5 Å². The molecular weight excluding hydrogens is 258 g/mol. The van der Waals surface area contributed by atoms with Crippen LogP contribution in [0.3, 0.4) is 0 Å². The molecule has 0 unspecified atom stereocenters. The van der Waals surface area contributed by atoms with Crippen molar-refractivity contribution in [2.75, 3.05) is 19.5 Å². The largest absolute Gasteiger partial charge is 0.478 e. The van der Waals surface area contributed by atoms with Crippen LogP contribution in [0, 0.1) is 10.1 Å². The van der Waals surface area contributed by atoms with Crippen LogP contribution in [0.25, 0.3) is 0 Å². The van der Waals surface area contributed by atoms with Crippen molar-refractivity contribution in [2.45, 2.75) is 11.3 Å². The van der Waals surface area contributed by atoms with E-state index in [9.17, 15) is 14.9 Å². The summed E-state index contributed by atoms with van der Waals surface area (Å²) in [6.07, 6.45) is 0.746. The van der Waals surface area contributed by atoms with Crippen LogP contribution in [0.15, 0.2) is 23.1 Å². The van der Waals surface area contributed by atoms with Gasteiger partial charge in [-0.3, -0.25) is 10.1 Å². The fraction of sp³-hybridized carbons (Fsp3) is 0.364. The molecule has 1 rings (SSSR count). The topological polar surface area (TPSA) is 89.7 Å². The smallest absolute Gasteiger partial charge is 0.335 e. The van der Waals surface area contributed by atoms with Gasteiger partial charge >= 0.3 is 5.97 Å². The summed E-state index contributed by atoms with van der Waals surface area (Å²) in [5.41, 5.74) is -0.0164. The molecule has 0 amide bonds. The van der Waals surface area contributed by atoms with Gasteiger partial charge in [-0.15, -0.1) is 11.8 Å². The number of methoxy groups -OCH3 is 1. The van der Waals surface area contributed by atoms with Crippen molar-refractivity contribution in [3.8, 4) is 0 Å². The second-order valence-corrected chi connectivity index (χ2v) is 4.58. The Kier molecular flexibility index (Phi) is 5.60. The third-order valence-electron chi connectivity index (χ3n) is 2.15. The maximum atomic E-state index is 10.8. The highest BCUT2D eigenvalue weighted by atomic mass is 32.2. The second kappa shape index (κ2) is 6.97. The van der Waals surface area contributed by atoms with E-state index in [4.69, 9.17) is 9.84 Å². The van der Waals surface area contributed by atoms with Gasteiger partial charge in [-0.25, -0.2) is 4.79 Å². The number of ether oxygens (including phenoxy) is 1. The normalized spacial score (nSPS) is 10.3. The van der Waals surface area contributed by atoms with Crippen molar-refractivity contribution in [3.63, 3.8) is 0 Å². The number of aromatic carboxylic acids is 1. The van der Waals surface area contributed by atoms with Gasteiger partial charge in [0.05, 0.1) is 15.4 Å². The first kappa shape index (κ1) is 14.5. The van der Waals surface area contributed by atoms with Crippen LogP contribution in [0.1, 0.15) is 16.8 Å². The first-order valence-electron chi connectivity index (χ1n) is 5.19. The molecule has 0 radical (unpaired) electrons. The minimum Gasteiger partial charge on any atom is -0.478 e. The average Bonchev–Trinajstić information content (AvgIpc) is 2.34. The summed E-state index contributed by atoms with van der Waals surface area (Å²) < 4.78 is 4.88. The van der Waals surface area contributed by atoms with E-state index in [0.29, 0.717) is 17.3 Å². The third kappa shape index (κ3) is 4.01. The standard InChI is InChI=1S/C11H13NO5S/c1-17-5-2-6-18-10-7-8(11(13)14)3-4-9(10)12(15)16/h3-4,7H,2,5-6H2,1H3,(H,13,14). The molecule has 18 heavy (non-hydrogen) atoms. The fourth-order valence-electron chi connectivity index (χ4n) is 1.30. The van der Waals surface area contributed by atoms with E-state index in [1.54, 1.807) is 7.11 Å². The molecule has 0 aliphatic rings. The van der Waals surface area contributed by atoms with Crippen LogP contribution in [-0.2, 0) is 4.74 Å². The molecule has 0 atom stereocenters. The highest BCUT2D eigenvalue weighted by Gasteiger charge is 2.16. The Morgan fingerprint density at radius 3 is 2.83 bits per heavy atom. The lowest BCUT2D eigenvalue weighted by atomic mass is 10.2. The van der Waals surface area contributed by atoms with Crippen LogP contribution in [0.4, 0.5) is 5.69 Å². The summed E-state index contributed by atoms with van der Waals surface area (Å²) >= 11 is 1.26. The Morgan fingerprint density at radius 2 is 2.28 bits per heavy atom. The van der Waals surface area contributed by atoms with Crippen LogP contribution >= 0.6 is 11.8 Å². The summed E-state index contributed by atoms with van der Waals surface area (Å²) in [4.78, 5) is 21.5. The molecule has 6 nitrogen and oxygen atoms in total. The van der Waals surface area contributed by atoms with Crippen molar-refractivity contribution in [1.82, 2.24) is 0 Å². The predicted octanol–water partition coefficient (Wildman–Crippen LogP) is 2.42. The highest BCUT2D eigenvalue weighted by Crippen LogP contribution is 2.30. The number of hydrogen-bond acceptors (Lipinski definition) is 5. The van der Waals surface area contributed by atoms with Gasteiger partial charge in [0.1, 0.15) is 0 Å². The van der Waals surface area contributed by atoms with E-state index in [1.165, 1.54) is 30.0 Å². The number of thioether (sulfide) groups is 1. The van der Waals surface area contributed by atoms with Gasteiger partial charge in [-0.1, -0.05) is 0 Å². The van der Waals surface area contributed by atoms with E-state index in [-0.39, 0.29) is 11.3 Å². The number of carbonyl (C=O) groups is 1. The number of carboxylic acid groups (broad SMARTS) is 1. The summed E-state index contributed by atoms with van der Waals surface area (Å²) in [6.45, 7) is 0.569. The fourth-order valence-corrected chi connectivity index (χ4v) is 2.28. The van der Waals surface area contributed by atoms with Gasteiger partial charge < -0.3 is 9.84 Å². The molecule has 0 fully saturated rings. The number of hydrogen-bond donors (Lipinski definition) is 1. The molecule has 1 N–H and O–H groups in total. The maximum absolute atomic E-state index is 10.8. The number of carboxylic acids is 1. The lowest BCUT2D eigenvalue weighted by molar-refractivity contribution is -0.387. The maximum Gasteiger partial charge on any atom is 0.335 e. The SMILES string of the molecule is COCCCSc1cc(C(=O)O)ccc1[N+](=O)[O-]. The quantitative estimate of drug-likeness (QED) is 0.354. The van der Waals surface area contributed by atoms with Crippen LogP contribution in [0.5, 0.6) is 0 Å². The molecular formula is C11H13NO5S. The zero-order valence-electron chi connectivity index (χ0n) is 9.79. The lowest BCUT2D eigenvalue weighted by Gasteiger charge is -2.04. The van der Waals surface area contributed by atoms with E-state index in [0.717, 1.165) is 6.42 Å². The van der Waals surface area contributed by atoms with Gasteiger partial charge in [0.15, 0.2) is 0 Å². The second-order valence-electron chi connectivity index (χ2n) is 3.44. The summed E-state index contributed by atoms with van der Waals surface area (Å²) in [6, 6.07) is 3.79. The molecule has 0 saturated heterocycles. The molecule has 0 aromatic heterocycles. The Bertz CT molecular complexity index is 449. The predicted molar refractivity (Wildman–Crippen MR) is 67.3 cm³/mol. The van der Waals surface area contributed by atoms with E-state index in [2.05, 4.69) is 0 Å². The van der Waals surface area contributed by atoms with Crippen molar-refractivity contribution in [2.24, 2.45) is 0 Å². The first-order valence-corrected chi connectivity index (χ1v) is 6.18. The van der Waals surface area contributed by atoms with E-state index >= 15 is 0 Å². The molecule has 0 saturated carbocycles. The molecule has 98 valence electrons. The Hall–Kier alpha value is -1.60. The highest BCUT2D eigenvalue weighted by molar-refractivity contribution is 7.99. The van der Waals surface area contributed by atoms with Crippen LogP contribution in [0.2, 0.25) is 0 Å². The number of nitrogens with zero attached hydrogens (tertiary/aromatic N) is 1. The summed E-state index contributed by atoms with van der Waals surface area (Å²) in [7, 11) is 1.58. The Labute approximate surface area is 108 Å². The van der Waals surface area contributed by atoms with Gasteiger partial charge in [0.25, 0.3) is 5.69 Å². The minimum absolute atomic E-state index is 0.0508. The lowest BCUT2D eigenvalue weighted by Crippen LogP contribution is -1.99. The molecule has 0 aliphatic carbocycles. The summed E-state index contributed by atoms with van der Waals surface area (Å²) in [5.74, 6) is -0.457. The van der Waals surface area contributed by atoms with E-state index < -0.39 is 10.9 Å². The van der Waals surface area contributed by atoms with E-state index in [1.807, 2.05) is 0 Å². The average molecular weight is 271 g/mol.